The first-order chi connectivity index (χ1) is 12.5. The molecule has 1 nitrogen and oxygen atoms in total. The van der Waals surface area contributed by atoms with E-state index in [1.165, 1.54) is 32.1 Å². The Morgan fingerprint density at radius 1 is 0.769 bits per heavy atom. The van der Waals surface area contributed by atoms with Gasteiger partial charge in [0.2, 0.25) is 11.6 Å². The number of hydrogen-bond acceptors (Lipinski definition) is 1. The molecule has 2 aliphatic carbocycles. The smallest absolute Gasteiger partial charge is 0.203 e. The van der Waals surface area contributed by atoms with Gasteiger partial charge in [-0.15, -0.1) is 0 Å². The molecule has 0 atom stereocenters. The monoisotopic (exact) mass is 372 g/mol. The van der Waals surface area contributed by atoms with Gasteiger partial charge in [-0.3, -0.25) is 0 Å². The van der Waals surface area contributed by atoms with Gasteiger partial charge in [0.25, 0.3) is 0 Å². The van der Waals surface area contributed by atoms with Crippen LogP contribution in [0.4, 0.5) is 17.6 Å². The van der Waals surface area contributed by atoms with E-state index in [2.05, 4.69) is 6.92 Å². The van der Waals surface area contributed by atoms with Crippen LogP contribution in [0.5, 0.6) is 5.75 Å². The lowest BCUT2D eigenvalue weighted by atomic mass is 9.69. The Labute approximate surface area is 153 Å². The van der Waals surface area contributed by atoms with E-state index in [0.29, 0.717) is 6.07 Å². The minimum absolute atomic E-state index is 0.219. The molecule has 2 aliphatic rings. The van der Waals surface area contributed by atoms with Crippen molar-refractivity contribution in [2.24, 2.45) is 23.7 Å². The van der Waals surface area contributed by atoms with Crippen LogP contribution in [-0.4, -0.2) is 6.61 Å². The Morgan fingerprint density at radius 2 is 1.31 bits per heavy atom. The highest BCUT2D eigenvalue weighted by atomic mass is 19.2. The van der Waals surface area contributed by atoms with Gasteiger partial charge in [0.15, 0.2) is 17.4 Å². The number of rotatable bonds is 5. The van der Waals surface area contributed by atoms with Crippen LogP contribution in [0.15, 0.2) is 6.07 Å². The maximum atomic E-state index is 13.7. The highest BCUT2D eigenvalue weighted by Gasteiger charge is 2.31. The van der Waals surface area contributed by atoms with Gasteiger partial charge in [0.05, 0.1) is 6.61 Å². The highest BCUT2D eigenvalue weighted by Crippen LogP contribution is 2.42. The van der Waals surface area contributed by atoms with Crippen LogP contribution < -0.4 is 4.74 Å². The summed E-state index contributed by atoms with van der Waals surface area (Å²) in [5.41, 5.74) is 0. The summed E-state index contributed by atoms with van der Waals surface area (Å²) in [7, 11) is 0. The molecule has 0 heterocycles. The predicted octanol–water partition coefficient (Wildman–Crippen LogP) is 6.64. The molecule has 0 aromatic heterocycles. The Morgan fingerprint density at radius 3 is 1.85 bits per heavy atom. The van der Waals surface area contributed by atoms with Crippen molar-refractivity contribution >= 4 is 0 Å². The van der Waals surface area contributed by atoms with E-state index in [1.54, 1.807) is 0 Å². The van der Waals surface area contributed by atoms with Crippen LogP contribution >= 0.6 is 0 Å². The SMILES string of the molecule is CC[C@H]1CC[C@H](C2CCC(COc3cc(F)c(F)c(F)c3F)CC2)CC1. The van der Waals surface area contributed by atoms with Gasteiger partial charge in [-0.25, -0.2) is 13.2 Å². The van der Waals surface area contributed by atoms with Crippen molar-refractivity contribution in [2.75, 3.05) is 6.61 Å². The zero-order chi connectivity index (χ0) is 18.7. The normalized spacial score (nSPS) is 29.6. The van der Waals surface area contributed by atoms with Crippen LogP contribution in [0.2, 0.25) is 0 Å². The Hall–Kier alpha value is -1.26. The molecule has 0 spiro atoms. The summed E-state index contributed by atoms with van der Waals surface area (Å²) >= 11 is 0. The summed E-state index contributed by atoms with van der Waals surface area (Å²) in [5, 5.41) is 0. The zero-order valence-electron chi connectivity index (χ0n) is 15.4. The maximum absolute atomic E-state index is 13.7. The number of hydrogen-bond donors (Lipinski definition) is 0. The molecule has 2 saturated carbocycles. The summed E-state index contributed by atoms with van der Waals surface area (Å²) < 4.78 is 58.4. The number of halogens is 4. The molecule has 0 saturated heterocycles. The van der Waals surface area contributed by atoms with Crippen LogP contribution in [0, 0.1) is 46.9 Å². The van der Waals surface area contributed by atoms with E-state index < -0.39 is 29.0 Å². The largest absolute Gasteiger partial charge is 0.490 e. The van der Waals surface area contributed by atoms with Crippen molar-refractivity contribution in [3.8, 4) is 5.75 Å². The second-order valence-corrected chi connectivity index (χ2v) is 8.08. The minimum atomic E-state index is -1.81. The van der Waals surface area contributed by atoms with Crippen molar-refractivity contribution in [1.29, 1.82) is 0 Å². The first-order valence-corrected chi connectivity index (χ1v) is 9.95. The fraction of sp³-hybridized carbons (Fsp3) is 0.714. The van der Waals surface area contributed by atoms with Crippen molar-refractivity contribution in [3.63, 3.8) is 0 Å². The van der Waals surface area contributed by atoms with E-state index in [4.69, 9.17) is 4.74 Å². The summed E-state index contributed by atoms with van der Waals surface area (Å²) in [4.78, 5) is 0. The molecule has 146 valence electrons. The molecule has 3 rings (SSSR count). The first kappa shape index (κ1) is 19.5. The molecule has 26 heavy (non-hydrogen) atoms. The van der Waals surface area contributed by atoms with E-state index in [9.17, 15) is 17.6 Å². The molecule has 0 unspecified atom stereocenters. The molecule has 0 radical (unpaired) electrons. The lowest BCUT2D eigenvalue weighted by Crippen LogP contribution is -2.27. The molecule has 0 aliphatic heterocycles. The molecule has 0 bridgehead atoms. The van der Waals surface area contributed by atoms with Crippen LogP contribution in [0.25, 0.3) is 0 Å². The van der Waals surface area contributed by atoms with E-state index in [0.717, 1.165) is 43.4 Å². The van der Waals surface area contributed by atoms with Gasteiger partial charge in [-0.2, -0.15) is 4.39 Å². The van der Waals surface area contributed by atoms with E-state index in [1.807, 2.05) is 0 Å². The van der Waals surface area contributed by atoms with Crippen molar-refractivity contribution in [3.05, 3.63) is 29.3 Å². The Balaban J connectivity index is 1.46. The zero-order valence-corrected chi connectivity index (χ0v) is 15.4. The summed E-state index contributed by atoms with van der Waals surface area (Å²) in [6.07, 6.45) is 10.9. The molecule has 1 aromatic carbocycles. The van der Waals surface area contributed by atoms with Crippen LogP contribution in [-0.2, 0) is 0 Å². The second-order valence-electron chi connectivity index (χ2n) is 8.08. The van der Waals surface area contributed by atoms with Gasteiger partial charge < -0.3 is 4.74 Å². The van der Waals surface area contributed by atoms with Crippen molar-refractivity contribution < 1.29 is 22.3 Å². The lowest BCUT2D eigenvalue weighted by Gasteiger charge is -2.37. The summed E-state index contributed by atoms with van der Waals surface area (Å²) in [6, 6.07) is 0.589. The Bertz CT molecular complexity index is 603. The van der Waals surface area contributed by atoms with Gasteiger partial charge in [-0.05, 0) is 62.2 Å². The maximum Gasteiger partial charge on any atom is 0.203 e. The van der Waals surface area contributed by atoms with Crippen molar-refractivity contribution in [1.82, 2.24) is 0 Å². The second kappa shape index (κ2) is 8.62. The third-order valence-electron chi connectivity index (χ3n) is 6.57. The molecule has 2 fully saturated rings. The molecular weight excluding hydrogens is 344 g/mol. The van der Waals surface area contributed by atoms with Gasteiger partial charge in [-0.1, -0.05) is 26.2 Å². The average molecular weight is 372 g/mol. The molecule has 0 N–H and O–H groups in total. The average Bonchev–Trinajstić information content (AvgIpc) is 2.68. The molecule has 1 aromatic rings. The summed E-state index contributed by atoms with van der Waals surface area (Å²) in [6.45, 7) is 2.49. The number of ether oxygens (including phenoxy) is 1. The van der Waals surface area contributed by atoms with E-state index in [-0.39, 0.29) is 12.5 Å². The van der Waals surface area contributed by atoms with Crippen LogP contribution in [0.3, 0.4) is 0 Å². The predicted molar refractivity (Wildman–Crippen MR) is 93.0 cm³/mol. The molecule has 5 heteroatoms. The molecular formula is C21H28F4O. The highest BCUT2D eigenvalue weighted by molar-refractivity contribution is 5.27. The lowest BCUT2D eigenvalue weighted by molar-refractivity contribution is 0.121. The molecule has 0 amide bonds. The quantitative estimate of drug-likeness (QED) is 0.320. The topological polar surface area (TPSA) is 9.23 Å². The standard InChI is InChI=1S/C21H28F4O/c1-2-13-3-7-15(8-4-13)16-9-5-14(6-10-16)12-26-18-11-17(22)19(23)21(25)20(18)24/h11,13-16H,2-10,12H2,1H3/t13-,14?,15-,16?. The third-order valence-corrected chi connectivity index (χ3v) is 6.57. The fourth-order valence-electron chi connectivity index (χ4n) is 4.76. The van der Waals surface area contributed by atoms with Gasteiger partial charge in [0.1, 0.15) is 0 Å². The first-order valence-electron chi connectivity index (χ1n) is 9.95. The van der Waals surface area contributed by atoms with Gasteiger partial charge in [0, 0.05) is 6.07 Å². The Kier molecular flexibility index (Phi) is 6.46. The van der Waals surface area contributed by atoms with Crippen LogP contribution in [0.1, 0.15) is 64.7 Å². The fourth-order valence-corrected chi connectivity index (χ4v) is 4.76. The van der Waals surface area contributed by atoms with Gasteiger partial charge >= 0.3 is 0 Å². The third kappa shape index (κ3) is 4.34. The minimum Gasteiger partial charge on any atom is -0.490 e. The van der Waals surface area contributed by atoms with Crippen molar-refractivity contribution in [2.45, 2.75) is 64.7 Å². The van der Waals surface area contributed by atoms with E-state index >= 15 is 0 Å². The number of benzene rings is 1. The summed E-state index contributed by atoms with van der Waals surface area (Å²) in [5.74, 6) is -4.27.